The van der Waals surface area contributed by atoms with Crippen LogP contribution in [0.3, 0.4) is 0 Å². The zero-order valence-electron chi connectivity index (χ0n) is 16.7. The first-order chi connectivity index (χ1) is 11.7. The summed E-state index contributed by atoms with van der Waals surface area (Å²) in [6, 6.07) is 0.952. The lowest BCUT2D eigenvalue weighted by molar-refractivity contribution is 0.265. The highest BCUT2D eigenvalue weighted by Crippen LogP contribution is 2.18. The lowest BCUT2D eigenvalue weighted by atomic mass is 10.1. The standard InChI is InChI=1S/C17H37N5O2S/c1-7-18-17(19-10-9-11-22(8-2)25(6,23)24)20-16-13-21(14(3)4)12-15(16)5/h14-16H,7-13H2,1-6H3,(H2,18,19,20). The van der Waals surface area contributed by atoms with E-state index in [0.29, 0.717) is 37.6 Å². The van der Waals surface area contributed by atoms with Crippen LogP contribution in [0.2, 0.25) is 0 Å². The third-order valence-corrected chi connectivity index (χ3v) is 6.07. The van der Waals surface area contributed by atoms with Gasteiger partial charge in [-0.05, 0) is 33.1 Å². The quantitative estimate of drug-likeness (QED) is 0.356. The van der Waals surface area contributed by atoms with Crippen molar-refractivity contribution in [2.45, 2.75) is 53.1 Å². The molecular formula is C17H37N5O2S. The summed E-state index contributed by atoms with van der Waals surface area (Å²) in [5, 5.41) is 6.84. The molecule has 7 nitrogen and oxygen atoms in total. The number of hydrogen-bond acceptors (Lipinski definition) is 4. The van der Waals surface area contributed by atoms with Crippen molar-refractivity contribution in [1.82, 2.24) is 19.8 Å². The van der Waals surface area contributed by atoms with Crippen molar-refractivity contribution in [1.29, 1.82) is 0 Å². The molecule has 0 spiro atoms. The van der Waals surface area contributed by atoms with Crippen LogP contribution >= 0.6 is 0 Å². The average molecular weight is 376 g/mol. The predicted octanol–water partition coefficient (Wildman–Crippen LogP) is 0.942. The van der Waals surface area contributed by atoms with Crippen LogP contribution in [0, 0.1) is 5.92 Å². The molecule has 1 rings (SSSR count). The number of sulfonamides is 1. The lowest BCUT2D eigenvalue weighted by Gasteiger charge is -2.22. The number of aliphatic imine (C=N–C) groups is 1. The highest BCUT2D eigenvalue weighted by Gasteiger charge is 2.31. The van der Waals surface area contributed by atoms with Gasteiger partial charge in [-0.2, -0.15) is 0 Å². The molecule has 0 saturated carbocycles. The Morgan fingerprint density at radius 2 is 2.00 bits per heavy atom. The molecule has 0 aromatic heterocycles. The molecule has 0 aliphatic carbocycles. The average Bonchev–Trinajstić information content (AvgIpc) is 2.87. The van der Waals surface area contributed by atoms with E-state index in [1.807, 2.05) is 6.92 Å². The normalized spacial score (nSPS) is 22.8. The molecule has 0 aromatic carbocycles. The molecule has 0 aromatic rings. The molecule has 148 valence electrons. The van der Waals surface area contributed by atoms with Crippen molar-refractivity contribution >= 4 is 16.0 Å². The van der Waals surface area contributed by atoms with Crippen LogP contribution in [0.15, 0.2) is 4.99 Å². The van der Waals surface area contributed by atoms with Gasteiger partial charge in [0, 0.05) is 51.4 Å². The van der Waals surface area contributed by atoms with Crippen molar-refractivity contribution in [3.63, 3.8) is 0 Å². The lowest BCUT2D eigenvalue weighted by Crippen LogP contribution is -2.47. The third-order valence-electron chi connectivity index (χ3n) is 4.69. The fourth-order valence-corrected chi connectivity index (χ4v) is 4.04. The van der Waals surface area contributed by atoms with Crippen LogP contribution in [0.1, 0.15) is 41.0 Å². The summed E-state index contributed by atoms with van der Waals surface area (Å²) in [4.78, 5) is 7.11. The van der Waals surface area contributed by atoms with Crippen LogP contribution in [0.5, 0.6) is 0 Å². The number of nitrogens with one attached hydrogen (secondary N) is 2. The smallest absolute Gasteiger partial charge is 0.211 e. The highest BCUT2D eigenvalue weighted by atomic mass is 32.2. The van der Waals surface area contributed by atoms with E-state index >= 15 is 0 Å². The molecule has 2 atom stereocenters. The zero-order valence-corrected chi connectivity index (χ0v) is 17.6. The molecule has 1 heterocycles. The van der Waals surface area contributed by atoms with Gasteiger partial charge in [0.05, 0.1) is 6.26 Å². The van der Waals surface area contributed by atoms with Crippen LogP contribution in [0.25, 0.3) is 0 Å². The van der Waals surface area contributed by atoms with Crippen LogP contribution in [0.4, 0.5) is 0 Å². The summed E-state index contributed by atoms with van der Waals surface area (Å²) in [5.41, 5.74) is 0. The van der Waals surface area contributed by atoms with Crippen molar-refractivity contribution < 1.29 is 8.42 Å². The van der Waals surface area contributed by atoms with Gasteiger partial charge in [0.15, 0.2) is 5.96 Å². The fraction of sp³-hybridized carbons (Fsp3) is 0.941. The van der Waals surface area contributed by atoms with E-state index in [1.165, 1.54) is 10.6 Å². The Kier molecular flexibility index (Phi) is 9.16. The van der Waals surface area contributed by atoms with E-state index < -0.39 is 10.0 Å². The van der Waals surface area contributed by atoms with Crippen LogP contribution in [-0.4, -0.2) is 81.2 Å². The minimum Gasteiger partial charge on any atom is -0.357 e. The number of rotatable bonds is 9. The van der Waals surface area contributed by atoms with Gasteiger partial charge in [0.25, 0.3) is 0 Å². The molecule has 1 aliphatic heterocycles. The molecule has 1 fully saturated rings. The molecule has 25 heavy (non-hydrogen) atoms. The first-order valence-electron chi connectivity index (χ1n) is 9.43. The predicted molar refractivity (Wildman–Crippen MR) is 105 cm³/mol. The Labute approximate surface area is 154 Å². The van der Waals surface area contributed by atoms with Crippen molar-refractivity contribution in [2.75, 3.05) is 45.5 Å². The molecule has 8 heteroatoms. The van der Waals surface area contributed by atoms with Gasteiger partial charge < -0.3 is 10.6 Å². The fourth-order valence-electron chi connectivity index (χ4n) is 3.11. The zero-order chi connectivity index (χ0) is 19.0. The maximum atomic E-state index is 11.6. The van der Waals surface area contributed by atoms with Gasteiger partial charge in [0.2, 0.25) is 10.0 Å². The molecular weight excluding hydrogens is 338 g/mol. The molecule has 0 bridgehead atoms. The summed E-state index contributed by atoms with van der Waals surface area (Å²) in [6.45, 7) is 15.2. The number of nitrogens with zero attached hydrogens (tertiary/aromatic N) is 3. The van der Waals surface area contributed by atoms with Gasteiger partial charge in [0.1, 0.15) is 0 Å². The van der Waals surface area contributed by atoms with Gasteiger partial charge in [-0.15, -0.1) is 0 Å². The van der Waals surface area contributed by atoms with Crippen molar-refractivity contribution in [2.24, 2.45) is 10.9 Å². The minimum atomic E-state index is -3.12. The molecule has 0 radical (unpaired) electrons. The van der Waals surface area contributed by atoms with E-state index in [0.717, 1.165) is 32.0 Å². The monoisotopic (exact) mass is 375 g/mol. The van der Waals surface area contributed by atoms with Crippen molar-refractivity contribution in [3.8, 4) is 0 Å². The van der Waals surface area contributed by atoms with E-state index in [2.05, 4.69) is 48.2 Å². The van der Waals surface area contributed by atoms with E-state index in [-0.39, 0.29) is 0 Å². The summed E-state index contributed by atoms with van der Waals surface area (Å²) in [6.07, 6.45) is 1.98. The molecule has 2 unspecified atom stereocenters. The molecule has 1 saturated heterocycles. The Morgan fingerprint density at radius 3 is 2.48 bits per heavy atom. The Hall–Kier alpha value is -0.860. The van der Waals surface area contributed by atoms with E-state index in [4.69, 9.17) is 0 Å². The van der Waals surface area contributed by atoms with Gasteiger partial charge in [-0.1, -0.05) is 13.8 Å². The second-order valence-electron chi connectivity index (χ2n) is 7.14. The Bertz CT molecular complexity index is 521. The highest BCUT2D eigenvalue weighted by molar-refractivity contribution is 7.88. The van der Waals surface area contributed by atoms with E-state index in [1.54, 1.807) is 0 Å². The summed E-state index contributed by atoms with van der Waals surface area (Å²) in [7, 11) is -3.12. The Balaban J connectivity index is 2.54. The largest absolute Gasteiger partial charge is 0.357 e. The first kappa shape index (κ1) is 22.2. The van der Waals surface area contributed by atoms with Crippen LogP contribution < -0.4 is 10.6 Å². The number of likely N-dealkylation sites (tertiary alicyclic amines) is 1. The number of hydrogen-bond donors (Lipinski definition) is 2. The summed E-state index contributed by atoms with van der Waals surface area (Å²) in [5.74, 6) is 1.40. The SMILES string of the molecule is CCNC(=NCCCN(CC)S(C)(=O)=O)NC1CN(C(C)C)CC1C. The third kappa shape index (κ3) is 7.50. The maximum Gasteiger partial charge on any atom is 0.211 e. The first-order valence-corrected chi connectivity index (χ1v) is 11.3. The molecule has 2 N–H and O–H groups in total. The van der Waals surface area contributed by atoms with Crippen molar-refractivity contribution in [3.05, 3.63) is 0 Å². The molecule has 1 aliphatic rings. The van der Waals surface area contributed by atoms with Gasteiger partial charge in [-0.3, -0.25) is 9.89 Å². The summed E-state index contributed by atoms with van der Waals surface area (Å²) < 4.78 is 24.7. The Morgan fingerprint density at radius 1 is 1.32 bits per heavy atom. The van der Waals surface area contributed by atoms with E-state index in [9.17, 15) is 8.42 Å². The molecule has 0 amide bonds. The second-order valence-corrected chi connectivity index (χ2v) is 9.13. The summed E-state index contributed by atoms with van der Waals surface area (Å²) >= 11 is 0. The topological polar surface area (TPSA) is 77.0 Å². The second kappa shape index (κ2) is 10.3. The maximum absolute atomic E-state index is 11.6. The number of guanidine groups is 1. The minimum absolute atomic E-state index is 0.392. The van der Waals surface area contributed by atoms with Gasteiger partial charge >= 0.3 is 0 Å². The van der Waals surface area contributed by atoms with Gasteiger partial charge in [-0.25, -0.2) is 12.7 Å². The van der Waals surface area contributed by atoms with Crippen LogP contribution in [-0.2, 0) is 10.0 Å².